The van der Waals surface area contributed by atoms with Crippen molar-refractivity contribution in [1.82, 2.24) is 5.32 Å². The molecule has 0 saturated heterocycles. The van der Waals surface area contributed by atoms with Crippen molar-refractivity contribution < 1.29 is 19.4 Å². The Morgan fingerprint density at radius 1 is 1.50 bits per heavy atom. The monoisotopic (exact) mass is 224 g/mol. The maximum Gasteiger partial charge on any atom is 0.322 e. The minimum absolute atomic E-state index is 0.291. The molecule has 0 aliphatic heterocycles. The summed E-state index contributed by atoms with van der Waals surface area (Å²) in [6.45, 7) is -0.426. The van der Waals surface area contributed by atoms with Crippen molar-refractivity contribution in [2.24, 2.45) is 0 Å². The molecule has 0 radical (unpaired) electrons. The molecule has 6 nitrogen and oxygen atoms in total. The first-order chi connectivity index (χ1) is 7.54. The molecule has 16 heavy (non-hydrogen) atoms. The van der Waals surface area contributed by atoms with E-state index in [0.717, 1.165) is 0 Å². The van der Waals surface area contributed by atoms with Crippen LogP contribution in [-0.4, -0.2) is 30.6 Å². The lowest BCUT2D eigenvalue weighted by molar-refractivity contribution is -0.135. The van der Waals surface area contributed by atoms with Crippen LogP contribution < -0.4 is 15.8 Å². The summed E-state index contributed by atoms with van der Waals surface area (Å²) in [5.41, 5.74) is 6.22. The summed E-state index contributed by atoms with van der Waals surface area (Å²) in [5.74, 6) is -1.12. The lowest BCUT2D eigenvalue weighted by Crippen LogP contribution is -2.29. The molecule has 0 saturated carbocycles. The number of hydrogen-bond donors (Lipinski definition) is 3. The van der Waals surface area contributed by atoms with Crippen molar-refractivity contribution in [2.45, 2.75) is 0 Å². The van der Waals surface area contributed by atoms with Crippen molar-refractivity contribution in [1.29, 1.82) is 0 Å². The summed E-state index contributed by atoms with van der Waals surface area (Å²) in [6.07, 6.45) is 0. The van der Waals surface area contributed by atoms with E-state index in [1.807, 2.05) is 0 Å². The standard InChI is InChI=1S/C10H12N2O4/c1-16-8-3-2-6(4-7(8)11)10(15)12-5-9(13)14/h2-4H,5,11H2,1H3,(H,12,15)(H,13,14). The van der Waals surface area contributed by atoms with E-state index in [1.54, 1.807) is 6.07 Å². The number of carbonyl (C=O) groups is 2. The molecule has 1 rings (SSSR count). The fourth-order valence-corrected chi connectivity index (χ4v) is 1.13. The molecule has 0 heterocycles. The summed E-state index contributed by atoms with van der Waals surface area (Å²) in [4.78, 5) is 21.7. The van der Waals surface area contributed by atoms with Crippen LogP contribution >= 0.6 is 0 Å². The molecular weight excluding hydrogens is 212 g/mol. The molecule has 0 atom stereocenters. The van der Waals surface area contributed by atoms with Crippen molar-refractivity contribution in [3.63, 3.8) is 0 Å². The molecule has 0 aromatic heterocycles. The molecule has 0 spiro atoms. The number of carboxylic acids is 1. The van der Waals surface area contributed by atoms with Crippen LogP contribution in [0.15, 0.2) is 18.2 Å². The molecule has 6 heteroatoms. The summed E-state index contributed by atoms with van der Waals surface area (Å²) >= 11 is 0. The number of carboxylic acid groups (broad SMARTS) is 1. The van der Waals surface area contributed by atoms with Gasteiger partial charge >= 0.3 is 5.97 Å². The Morgan fingerprint density at radius 3 is 2.69 bits per heavy atom. The zero-order chi connectivity index (χ0) is 12.1. The third-order valence-electron chi connectivity index (χ3n) is 1.89. The first-order valence-electron chi connectivity index (χ1n) is 4.48. The molecule has 1 amide bonds. The number of ether oxygens (including phenoxy) is 1. The van der Waals surface area contributed by atoms with Crippen molar-refractivity contribution in [2.75, 3.05) is 19.4 Å². The smallest absolute Gasteiger partial charge is 0.322 e. The summed E-state index contributed by atoms with van der Waals surface area (Å²) < 4.78 is 4.93. The largest absolute Gasteiger partial charge is 0.495 e. The SMILES string of the molecule is COc1ccc(C(=O)NCC(=O)O)cc1N. The molecule has 1 aromatic carbocycles. The Balaban J connectivity index is 2.77. The molecule has 86 valence electrons. The van der Waals surface area contributed by atoms with E-state index in [9.17, 15) is 9.59 Å². The third kappa shape index (κ3) is 2.88. The van der Waals surface area contributed by atoms with Crippen molar-refractivity contribution >= 4 is 17.6 Å². The van der Waals surface area contributed by atoms with Gasteiger partial charge in [0.1, 0.15) is 12.3 Å². The number of nitrogens with one attached hydrogen (secondary N) is 1. The van der Waals surface area contributed by atoms with Gasteiger partial charge in [-0.3, -0.25) is 9.59 Å². The predicted molar refractivity (Wildman–Crippen MR) is 57.4 cm³/mol. The average molecular weight is 224 g/mol. The number of nitrogen functional groups attached to an aromatic ring is 1. The number of nitrogens with two attached hydrogens (primary N) is 1. The molecule has 0 fully saturated rings. The van der Waals surface area contributed by atoms with Gasteiger partial charge in [0.25, 0.3) is 5.91 Å². The Morgan fingerprint density at radius 2 is 2.19 bits per heavy atom. The predicted octanol–water partition coefficient (Wildman–Crippen LogP) is 0.0918. The maximum atomic E-state index is 11.4. The highest BCUT2D eigenvalue weighted by Crippen LogP contribution is 2.21. The van der Waals surface area contributed by atoms with Crippen LogP contribution in [0.1, 0.15) is 10.4 Å². The van der Waals surface area contributed by atoms with Gasteiger partial charge in [-0.1, -0.05) is 0 Å². The highest BCUT2D eigenvalue weighted by atomic mass is 16.5. The number of methoxy groups -OCH3 is 1. The fraction of sp³-hybridized carbons (Fsp3) is 0.200. The number of aliphatic carboxylic acids is 1. The highest BCUT2D eigenvalue weighted by Gasteiger charge is 2.09. The molecule has 0 aliphatic carbocycles. The quantitative estimate of drug-likeness (QED) is 0.629. The van der Waals surface area contributed by atoms with Gasteiger partial charge in [-0.05, 0) is 18.2 Å². The zero-order valence-electron chi connectivity index (χ0n) is 8.69. The number of anilines is 1. The fourth-order valence-electron chi connectivity index (χ4n) is 1.13. The van der Waals surface area contributed by atoms with E-state index in [0.29, 0.717) is 17.0 Å². The van der Waals surface area contributed by atoms with E-state index in [4.69, 9.17) is 15.6 Å². The van der Waals surface area contributed by atoms with Crippen LogP contribution in [-0.2, 0) is 4.79 Å². The van der Waals surface area contributed by atoms with Gasteiger partial charge in [0.15, 0.2) is 0 Å². The first kappa shape index (κ1) is 11.8. The molecular formula is C10H12N2O4. The molecule has 1 aromatic rings. The highest BCUT2D eigenvalue weighted by molar-refractivity contribution is 5.96. The van der Waals surface area contributed by atoms with Gasteiger partial charge in [-0.2, -0.15) is 0 Å². The van der Waals surface area contributed by atoms with Crippen molar-refractivity contribution in [3.8, 4) is 5.75 Å². The molecule has 4 N–H and O–H groups in total. The van der Waals surface area contributed by atoms with E-state index < -0.39 is 18.4 Å². The van der Waals surface area contributed by atoms with E-state index >= 15 is 0 Å². The number of hydrogen-bond acceptors (Lipinski definition) is 4. The Bertz CT molecular complexity index is 417. The minimum atomic E-state index is -1.10. The van der Waals surface area contributed by atoms with Crippen LogP contribution in [0.2, 0.25) is 0 Å². The molecule has 0 aliphatic rings. The van der Waals surface area contributed by atoms with Crippen LogP contribution in [0.4, 0.5) is 5.69 Å². The first-order valence-corrected chi connectivity index (χ1v) is 4.48. The zero-order valence-corrected chi connectivity index (χ0v) is 8.69. The normalized spacial score (nSPS) is 9.56. The summed E-state index contributed by atoms with van der Waals surface area (Å²) in [7, 11) is 1.47. The second kappa shape index (κ2) is 5.01. The Labute approximate surface area is 92.0 Å². The summed E-state index contributed by atoms with van der Waals surface area (Å²) in [6, 6.07) is 4.48. The van der Waals surface area contributed by atoms with Crippen molar-refractivity contribution in [3.05, 3.63) is 23.8 Å². The number of carbonyl (C=O) groups excluding carboxylic acids is 1. The van der Waals surface area contributed by atoms with Crippen LogP contribution in [0.5, 0.6) is 5.75 Å². The third-order valence-corrected chi connectivity index (χ3v) is 1.89. The second-order valence-corrected chi connectivity index (χ2v) is 3.03. The van der Waals surface area contributed by atoms with Crippen LogP contribution in [0, 0.1) is 0 Å². The topological polar surface area (TPSA) is 102 Å². The Kier molecular flexibility index (Phi) is 3.71. The Hall–Kier alpha value is -2.24. The van der Waals surface area contributed by atoms with Gasteiger partial charge in [0, 0.05) is 5.56 Å². The average Bonchev–Trinajstić information content (AvgIpc) is 2.25. The lowest BCUT2D eigenvalue weighted by atomic mass is 10.2. The number of rotatable bonds is 4. The van der Waals surface area contributed by atoms with E-state index in [-0.39, 0.29) is 0 Å². The van der Waals surface area contributed by atoms with Crippen LogP contribution in [0.25, 0.3) is 0 Å². The number of benzene rings is 1. The van der Waals surface area contributed by atoms with E-state index in [1.165, 1.54) is 19.2 Å². The van der Waals surface area contributed by atoms with Gasteiger partial charge in [-0.15, -0.1) is 0 Å². The number of amides is 1. The van der Waals surface area contributed by atoms with Gasteiger partial charge < -0.3 is 20.9 Å². The van der Waals surface area contributed by atoms with Gasteiger partial charge in [-0.25, -0.2) is 0 Å². The maximum absolute atomic E-state index is 11.4. The lowest BCUT2D eigenvalue weighted by Gasteiger charge is -2.06. The van der Waals surface area contributed by atoms with Crippen LogP contribution in [0.3, 0.4) is 0 Å². The van der Waals surface area contributed by atoms with E-state index in [2.05, 4.69) is 5.32 Å². The molecule has 0 unspecified atom stereocenters. The molecule has 0 bridgehead atoms. The summed E-state index contributed by atoms with van der Waals surface area (Å²) in [5, 5.41) is 10.6. The van der Waals surface area contributed by atoms with Gasteiger partial charge in [0.2, 0.25) is 0 Å². The second-order valence-electron chi connectivity index (χ2n) is 3.03. The van der Waals surface area contributed by atoms with Gasteiger partial charge in [0.05, 0.1) is 12.8 Å². The minimum Gasteiger partial charge on any atom is -0.495 e.